The number of pyridine rings is 2. The van der Waals surface area contributed by atoms with Crippen molar-refractivity contribution in [2.24, 2.45) is 0 Å². The van der Waals surface area contributed by atoms with Gasteiger partial charge in [0, 0.05) is 52.2 Å². The molecule has 0 aliphatic carbocycles. The van der Waals surface area contributed by atoms with Gasteiger partial charge in [0.25, 0.3) is 0 Å². The van der Waals surface area contributed by atoms with E-state index >= 15 is 0 Å². The van der Waals surface area contributed by atoms with Gasteiger partial charge in [0.15, 0.2) is 0 Å². The minimum Gasteiger partial charge on any atom is -0.464 e. The molecule has 0 bridgehead atoms. The zero-order chi connectivity index (χ0) is 26.6. The number of fused-ring (bicyclic) bond motifs is 2. The molecule has 5 aromatic rings. The van der Waals surface area contributed by atoms with Crippen molar-refractivity contribution < 1.29 is 4.42 Å². The van der Waals surface area contributed by atoms with Gasteiger partial charge in [0.1, 0.15) is 5.76 Å². The molecule has 0 aliphatic heterocycles. The minimum atomic E-state index is 0.164. The van der Waals surface area contributed by atoms with Gasteiger partial charge in [-0.3, -0.25) is 9.97 Å². The fourth-order valence-electron chi connectivity index (χ4n) is 4.23. The van der Waals surface area contributed by atoms with E-state index in [2.05, 4.69) is 105 Å². The number of anilines is 2. The number of nitrogens with zero attached hydrogens (tertiary/aromatic N) is 2. The first-order valence-electron chi connectivity index (χ1n) is 13.0. The molecule has 0 radical (unpaired) electrons. The highest BCUT2D eigenvalue weighted by Crippen LogP contribution is 2.29. The van der Waals surface area contributed by atoms with Crippen LogP contribution in [0.1, 0.15) is 54.0 Å². The smallest absolute Gasteiger partial charge is 0.133 e. The molecule has 5 rings (SSSR count). The van der Waals surface area contributed by atoms with Crippen LogP contribution < -0.4 is 10.6 Å². The molecule has 0 unspecified atom stereocenters. The predicted molar refractivity (Wildman–Crippen MR) is 157 cm³/mol. The molecular formula is C32H38N4O. The van der Waals surface area contributed by atoms with Crippen LogP contribution in [0, 0.1) is 0 Å². The lowest BCUT2D eigenvalue weighted by Gasteiger charge is -2.20. The van der Waals surface area contributed by atoms with Crippen molar-refractivity contribution in [3.63, 3.8) is 0 Å². The van der Waals surface area contributed by atoms with Crippen LogP contribution in [0.15, 0.2) is 83.7 Å². The Balaban J connectivity index is 0.000000173. The Hall–Kier alpha value is -3.86. The standard InChI is InChI=1S/C16H16N2O.C16H22N2/c1-11(2)18-14-7-8-17-15-10-12(5-6-13(14)15)16-4-3-9-19-16;1-11(2)18-14-8-9-17-15-10-12(16(3,4)5)6-7-13(14)15/h3-11H,1-2H3,(H,17,18);6-11H,1-5H3,(H,17,18). The summed E-state index contributed by atoms with van der Waals surface area (Å²) in [7, 11) is 0. The summed E-state index contributed by atoms with van der Waals surface area (Å²) >= 11 is 0. The number of rotatable bonds is 5. The molecular weight excluding hydrogens is 456 g/mol. The van der Waals surface area contributed by atoms with Crippen molar-refractivity contribution >= 4 is 33.2 Å². The van der Waals surface area contributed by atoms with Crippen LogP contribution in [0.3, 0.4) is 0 Å². The number of hydrogen-bond acceptors (Lipinski definition) is 5. The van der Waals surface area contributed by atoms with Gasteiger partial charge in [-0.15, -0.1) is 0 Å². The first kappa shape index (κ1) is 26.2. The quantitative estimate of drug-likeness (QED) is 0.256. The fraction of sp³-hybridized carbons (Fsp3) is 0.312. The average molecular weight is 495 g/mol. The minimum absolute atomic E-state index is 0.164. The number of nitrogens with one attached hydrogen (secondary N) is 2. The maximum Gasteiger partial charge on any atom is 0.133 e. The zero-order valence-corrected chi connectivity index (χ0v) is 23.0. The van der Waals surface area contributed by atoms with E-state index in [-0.39, 0.29) is 5.41 Å². The lowest BCUT2D eigenvalue weighted by atomic mass is 9.86. The van der Waals surface area contributed by atoms with E-state index in [9.17, 15) is 0 Å². The van der Waals surface area contributed by atoms with Gasteiger partial charge in [-0.1, -0.05) is 39.0 Å². The molecule has 37 heavy (non-hydrogen) atoms. The summed E-state index contributed by atoms with van der Waals surface area (Å²) in [5, 5.41) is 9.23. The highest BCUT2D eigenvalue weighted by atomic mass is 16.3. The molecule has 0 atom stereocenters. The lowest BCUT2D eigenvalue weighted by molar-refractivity contribution is 0.582. The van der Waals surface area contributed by atoms with E-state index in [1.54, 1.807) is 6.26 Å². The summed E-state index contributed by atoms with van der Waals surface area (Å²) in [6.45, 7) is 15.2. The van der Waals surface area contributed by atoms with Crippen LogP contribution in [0.25, 0.3) is 33.1 Å². The first-order chi connectivity index (χ1) is 17.6. The van der Waals surface area contributed by atoms with Crippen molar-refractivity contribution in [1.29, 1.82) is 0 Å². The highest BCUT2D eigenvalue weighted by molar-refractivity contribution is 5.93. The third kappa shape index (κ3) is 6.48. The van der Waals surface area contributed by atoms with Crippen LogP contribution in [0.2, 0.25) is 0 Å². The Morgan fingerprint density at radius 2 is 1.27 bits per heavy atom. The van der Waals surface area contributed by atoms with Crippen molar-refractivity contribution in [2.75, 3.05) is 10.6 Å². The molecule has 0 saturated carbocycles. The number of furan rings is 1. The molecule has 3 aromatic heterocycles. The Kier molecular flexibility index (Phi) is 7.82. The summed E-state index contributed by atoms with van der Waals surface area (Å²) in [6, 6.07) is 21.5. The monoisotopic (exact) mass is 494 g/mol. The van der Waals surface area contributed by atoms with E-state index in [1.807, 2.05) is 36.7 Å². The van der Waals surface area contributed by atoms with Crippen LogP contribution >= 0.6 is 0 Å². The van der Waals surface area contributed by atoms with E-state index < -0.39 is 0 Å². The SMILES string of the molecule is CC(C)Nc1ccnc2cc(-c3ccco3)ccc12.CC(C)Nc1ccnc2cc(C(C)(C)C)ccc12. The Bertz CT molecular complexity index is 1460. The summed E-state index contributed by atoms with van der Waals surface area (Å²) < 4.78 is 5.42. The molecule has 3 heterocycles. The van der Waals surface area contributed by atoms with Gasteiger partial charge >= 0.3 is 0 Å². The topological polar surface area (TPSA) is 63.0 Å². The van der Waals surface area contributed by atoms with E-state index in [4.69, 9.17) is 4.42 Å². The average Bonchev–Trinajstić information content (AvgIpc) is 3.38. The van der Waals surface area contributed by atoms with Crippen LogP contribution in [0.5, 0.6) is 0 Å². The molecule has 192 valence electrons. The van der Waals surface area contributed by atoms with Gasteiger partial charge in [-0.2, -0.15) is 0 Å². The molecule has 0 spiro atoms. The molecule has 2 N–H and O–H groups in total. The third-order valence-corrected chi connectivity index (χ3v) is 6.05. The van der Waals surface area contributed by atoms with Crippen LogP contribution in [0.4, 0.5) is 11.4 Å². The fourth-order valence-corrected chi connectivity index (χ4v) is 4.23. The number of benzene rings is 2. The second-order valence-corrected chi connectivity index (χ2v) is 11.0. The van der Waals surface area contributed by atoms with E-state index in [0.717, 1.165) is 39.1 Å². The van der Waals surface area contributed by atoms with Crippen molar-refractivity contribution in [1.82, 2.24) is 9.97 Å². The molecule has 5 heteroatoms. The second-order valence-electron chi connectivity index (χ2n) is 11.0. The van der Waals surface area contributed by atoms with Crippen molar-refractivity contribution in [3.05, 3.63) is 84.9 Å². The number of aromatic nitrogens is 2. The molecule has 0 amide bonds. The van der Waals surface area contributed by atoms with Crippen molar-refractivity contribution in [2.45, 2.75) is 66.0 Å². The van der Waals surface area contributed by atoms with E-state index in [0.29, 0.717) is 12.1 Å². The van der Waals surface area contributed by atoms with Gasteiger partial charge in [-0.05, 0) is 81.1 Å². The molecule has 0 aliphatic rings. The maximum atomic E-state index is 5.42. The predicted octanol–water partition coefficient (Wildman–Crippen LogP) is 8.67. The van der Waals surface area contributed by atoms with Crippen LogP contribution in [-0.4, -0.2) is 22.1 Å². The van der Waals surface area contributed by atoms with Crippen molar-refractivity contribution in [3.8, 4) is 11.3 Å². The van der Waals surface area contributed by atoms with Gasteiger partial charge in [0.2, 0.25) is 0 Å². The molecule has 0 fully saturated rings. The van der Waals surface area contributed by atoms with E-state index in [1.165, 1.54) is 10.9 Å². The van der Waals surface area contributed by atoms with Crippen LogP contribution in [-0.2, 0) is 5.41 Å². The summed E-state index contributed by atoms with van der Waals surface area (Å²) in [5.41, 5.74) is 6.85. The Morgan fingerprint density at radius 1 is 0.703 bits per heavy atom. The normalized spacial score (nSPS) is 11.6. The zero-order valence-electron chi connectivity index (χ0n) is 23.0. The molecule has 2 aromatic carbocycles. The molecule has 0 saturated heterocycles. The molecule has 5 nitrogen and oxygen atoms in total. The Labute approximate surface area is 220 Å². The maximum absolute atomic E-state index is 5.42. The van der Waals surface area contributed by atoms with Gasteiger partial charge in [-0.25, -0.2) is 0 Å². The lowest BCUT2D eigenvalue weighted by Crippen LogP contribution is -2.12. The third-order valence-electron chi connectivity index (χ3n) is 6.05. The first-order valence-corrected chi connectivity index (χ1v) is 13.0. The Morgan fingerprint density at radius 3 is 1.78 bits per heavy atom. The number of hydrogen-bond donors (Lipinski definition) is 2. The van der Waals surface area contributed by atoms with Gasteiger partial charge in [0.05, 0.1) is 17.3 Å². The summed E-state index contributed by atoms with van der Waals surface area (Å²) in [4.78, 5) is 8.92. The van der Waals surface area contributed by atoms with Gasteiger partial charge < -0.3 is 15.1 Å². The second kappa shape index (κ2) is 11.0. The highest BCUT2D eigenvalue weighted by Gasteiger charge is 2.15. The summed E-state index contributed by atoms with van der Waals surface area (Å²) in [5.74, 6) is 0.867. The largest absolute Gasteiger partial charge is 0.464 e. The summed E-state index contributed by atoms with van der Waals surface area (Å²) in [6.07, 6.45) is 5.39.